The van der Waals surface area contributed by atoms with Gasteiger partial charge < -0.3 is 14.4 Å². The molecule has 0 aliphatic heterocycles. The molecule has 106 valence electrons. The summed E-state index contributed by atoms with van der Waals surface area (Å²) in [6, 6.07) is 5.35. The molecule has 0 N–H and O–H groups in total. The highest BCUT2D eigenvalue weighted by molar-refractivity contribution is 9.10. The van der Waals surface area contributed by atoms with Gasteiger partial charge in [0.2, 0.25) is 0 Å². The van der Waals surface area contributed by atoms with Gasteiger partial charge in [-0.25, -0.2) is 0 Å². The summed E-state index contributed by atoms with van der Waals surface area (Å²) in [5.41, 5.74) is 0.589. The van der Waals surface area contributed by atoms with E-state index in [4.69, 9.17) is 9.47 Å². The zero-order valence-electron chi connectivity index (χ0n) is 11.8. The Bertz CT molecular complexity index is 435. The fraction of sp³-hybridized carbons (Fsp3) is 0.500. The van der Waals surface area contributed by atoms with Crippen molar-refractivity contribution in [3.8, 4) is 5.75 Å². The molecule has 0 aromatic heterocycles. The average Bonchev–Trinajstić information content (AvgIpc) is 2.38. The van der Waals surface area contributed by atoms with Crippen molar-refractivity contribution < 1.29 is 14.3 Å². The number of amides is 1. The van der Waals surface area contributed by atoms with E-state index in [1.54, 1.807) is 25.1 Å². The zero-order valence-corrected chi connectivity index (χ0v) is 13.4. The minimum atomic E-state index is -0.0573. The Labute approximate surface area is 122 Å². The first-order valence-electron chi connectivity index (χ1n) is 6.16. The van der Waals surface area contributed by atoms with Crippen LogP contribution in [0, 0.1) is 0 Å². The van der Waals surface area contributed by atoms with Crippen LogP contribution >= 0.6 is 15.9 Å². The standard InChI is InChI=1S/C14H20BrNO3/c1-10(2)19-8-7-16(3)14(17)12-9-11(18-4)5-6-13(12)15/h5-6,9-10H,7-8H2,1-4H3. The van der Waals surface area contributed by atoms with E-state index in [1.165, 1.54) is 0 Å². The molecule has 0 unspecified atom stereocenters. The van der Waals surface area contributed by atoms with Crippen molar-refractivity contribution in [3.63, 3.8) is 0 Å². The number of likely N-dealkylation sites (N-methyl/N-ethyl adjacent to an activating group) is 1. The van der Waals surface area contributed by atoms with Crippen molar-refractivity contribution in [2.45, 2.75) is 20.0 Å². The third kappa shape index (κ3) is 4.84. The number of benzene rings is 1. The molecule has 0 radical (unpaired) electrons. The normalized spacial score (nSPS) is 10.6. The van der Waals surface area contributed by atoms with E-state index < -0.39 is 0 Å². The summed E-state index contributed by atoms with van der Waals surface area (Å²) in [6.07, 6.45) is 0.173. The summed E-state index contributed by atoms with van der Waals surface area (Å²) >= 11 is 3.39. The van der Waals surface area contributed by atoms with Crippen LogP contribution in [-0.4, -0.2) is 44.2 Å². The van der Waals surface area contributed by atoms with Gasteiger partial charge in [0, 0.05) is 18.1 Å². The van der Waals surface area contributed by atoms with Gasteiger partial charge in [-0.3, -0.25) is 4.79 Å². The summed E-state index contributed by atoms with van der Waals surface area (Å²) in [5.74, 6) is 0.608. The van der Waals surface area contributed by atoms with Crippen LogP contribution in [0.3, 0.4) is 0 Å². The molecule has 0 saturated carbocycles. The molecule has 1 aromatic carbocycles. The molecule has 0 saturated heterocycles. The molecule has 0 atom stereocenters. The van der Waals surface area contributed by atoms with Crippen molar-refractivity contribution in [1.82, 2.24) is 4.90 Å². The Morgan fingerprint density at radius 1 is 1.42 bits per heavy atom. The maximum atomic E-state index is 12.3. The lowest BCUT2D eigenvalue weighted by Gasteiger charge is -2.19. The second-order valence-corrected chi connectivity index (χ2v) is 5.35. The lowest BCUT2D eigenvalue weighted by atomic mass is 10.2. The topological polar surface area (TPSA) is 38.8 Å². The van der Waals surface area contributed by atoms with Crippen LogP contribution in [0.5, 0.6) is 5.75 Å². The predicted octanol–water partition coefficient (Wildman–Crippen LogP) is 2.95. The monoisotopic (exact) mass is 329 g/mol. The molecule has 0 aliphatic rings. The first-order chi connectivity index (χ1) is 8.95. The van der Waals surface area contributed by atoms with Crippen LogP contribution in [-0.2, 0) is 4.74 Å². The maximum Gasteiger partial charge on any atom is 0.254 e. The van der Waals surface area contributed by atoms with Crippen molar-refractivity contribution in [3.05, 3.63) is 28.2 Å². The lowest BCUT2D eigenvalue weighted by Crippen LogP contribution is -2.31. The third-order valence-corrected chi connectivity index (χ3v) is 3.32. The Kier molecular flexibility index (Phi) is 6.31. The van der Waals surface area contributed by atoms with E-state index >= 15 is 0 Å². The highest BCUT2D eigenvalue weighted by atomic mass is 79.9. The third-order valence-electron chi connectivity index (χ3n) is 2.63. The zero-order chi connectivity index (χ0) is 14.4. The number of carbonyl (C=O) groups excluding carboxylic acids is 1. The van der Waals surface area contributed by atoms with Gasteiger partial charge in [0.15, 0.2) is 0 Å². The molecule has 0 spiro atoms. The molecular weight excluding hydrogens is 310 g/mol. The molecule has 1 amide bonds. The first-order valence-corrected chi connectivity index (χ1v) is 6.95. The molecule has 0 bridgehead atoms. The smallest absolute Gasteiger partial charge is 0.254 e. The molecule has 0 heterocycles. The quantitative estimate of drug-likeness (QED) is 0.805. The minimum absolute atomic E-state index is 0.0573. The van der Waals surface area contributed by atoms with Crippen molar-refractivity contribution in [2.75, 3.05) is 27.3 Å². The minimum Gasteiger partial charge on any atom is -0.497 e. The van der Waals surface area contributed by atoms with E-state index in [1.807, 2.05) is 26.0 Å². The fourth-order valence-electron chi connectivity index (χ4n) is 1.53. The Morgan fingerprint density at radius 3 is 2.68 bits per heavy atom. The van der Waals surface area contributed by atoms with Crippen molar-refractivity contribution in [1.29, 1.82) is 0 Å². The van der Waals surface area contributed by atoms with Gasteiger partial charge in [-0.2, -0.15) is 0 Å². The molecule has 1 aromatic rings. The number of carbonyl (C=O) groups is 1. The molecule has 1 rings (SSSR count). The van der Waals surface area contributed by atoms with Gasteiger partial charge in [0.1, 0.15) is 5.75 Å². The van der Waals surface area contributed by atoms with Gasteiger partial charge in [-0.15, -0.1) is 0 Å². The Hall–Kier alpha value is -1.07. The van der Waals surface area contributed by atoms with E-state index in [0.717, 1.165) is 4.47 Å². The average molecular weight is 330 g/mol. The maximum absolute atomic E-state index is 12.3. The number of methoxy groups -OCH3 is 1. The van der Waals surface area contributed by atoms with E-state index in [0.29, 0.717) is 24.5 Å². The van der Waals surface area contributed by atoms with Crippen LogP contribution in [0.2, 0.25) is 0 Å². The Morgan fingerprint density at radius 2 is 2.11 bits per heavy atom. The summed E-state index contributed by atoms with van der Waals surface area (Å²) in [6.45, 7) is 5.03. The molecule has 19 heavy (non-hydrogen) atoms. The second kappa shape index (κ2) is 7.50. The SMILES string of the molecule is COc1ccc(Br)c(C(=O)N(C)CCOC(C)C)c1. The van der Waals surface area contributed by atoms with E-state index in [-0.39, 0.29) is 12.0 Å². The summed E-state index contributed by atoms with van der Waals surface area (Å²) in [5, 5.41) is 0. The van der Waals surface area contributed by atoms with Crippen molar-refractivity contribution >= 4 is 21.8 Å². The highest BCUT2D eigenvalue weighted by Gasteiger charge is 2.15. The summed E-state index contributed by atoms with van der Waals surface area (Å²) in [7, 11) is 3.34. The van der Waals surface area contributed by atoms with Gasteiger partial charge in [0.05, 0.1) is 25.4 Å². The first kappa shape index (κ1) is 16.0. The molecule has 4 nitrogen and oxygen atoms in total. The van der Waals surface area contributed by atoms with Crippen LogP contribution in [0.15, 0.2) is 22.7 Å². The molecular formula is C14H20BrNO3. The van der Waals surface area contributed by atoms with Crippen LogP contribution < -0.4 is 4.74 Å². The molecule has 0 aliphatic carbocycles. The summed E-state index contributed by atoms with van der Waals surface area (Å²) < 4.78 is 11.3. The van der Waals surface area contributed by atoms with Crippen LogP contribution in [0.1, 0.15) is 24.2 Å². The van der Waals surface area contributed by atoms with Crippen molar-refractivity contribution in [2.24, 2.45) is 0 Å². The van der Waals surface area contributed by atoms with Gasteiger partial charge >= 0.3 is 0 Å². The fourth-order valence-corrected chi connectivity index (χ4v) is 1.94. The van der Waals surface area contributed by atoms with E-state index in [9.17, 15) is 4.79 Å². The number of nitrogens with zero attached hydrogens (tertiary/aromatic N) is 1. The lowest BCUT2D eigenvalue weighted by molar-refractivity contribution is 0.0531. The number of hydrogen-bond acceptors (Lipinski definition) is 3. The Balaban J connectivity index is 2.70. The summed E-state index contributed by atoms with van der Waals surface area (Å²) in [4.78, 5) is 13.9. The number of ether oxygens (including phenoxy) is 2. The molecule has 0 fully saturated rings. The number of rotatable bonds is 6. The number of hydrogen-bond donors (Lipinski definition) is 0. The van der Waals surface area contributed by atoms with E-state index in [2.05, 4.69) is 15.9 Å². The van der Waals surface area contributed by atoms with Crippen LogP contribution in [0.4, 0.5) is 0 Å². The van der Waals surface area contributed by atoms with Gasteiger partial charge in [0.25, 0.3) is 5.91 Å². The van der Waals surface area contributed by atoms with Gasteiger partial charge in [-0.05, 0) is 48.0 Å². The highest BCUT2D eigenvalue weighted by Crippen LogP contribution is 2.23. The largest absolute Gasteiger partial charge is 0.497 e. The predicted molar refractivity (Wildman–Crippen MR) is 78.7 cm³/mol. The number of halogens is 1. The second-order valence-electron chi connectivity index (χ2n) is 4.49. The molecule has 5 heteroatoms. The van der Waals surface area contributed by atoms with Crippen LogP contribution in [0.25, 0.3) is 0 Å². The van der Waals surface area contributed by atoms with Gasteiger partial charge in [-0.1, -0.05) is 0 Å².